The second kappa shape index (κ2) is 6.02. The summed E-state index contributed by atoms with van der Waals surface area (Å²) < 4.78 is 7.33. The molecule has 0 radical (unpaired) electrons. The molecule has 25 heavy (non-hydrogen) atoms. The van der Waals surface area contributed by atoms with E-state index in [1.165, 1.54) is 11.1 Å². The number of aromatic nitrogens is 4. The van der Waals surface area contributed by atoms with Gasteiger partial charge in [0.1, 0.15) is 0 Å². The fourth-order valence-corrected chi connectivity index (χ4v) is 3.03. The lowest BCUT2D eigenvalue weighted by molar-refractivity contribution is 0.432. The standard InChI is InChI=1S/C20H18N4O/c1-13-9-14(2)11-17(10-13)20-22-19(23-25-20)16-6-4-5-15(12-16)18-7-8-21-24(18)3/h4-12H,1-3H3. The summed E-state index contributed by atoms with van der Waals surface area (Å²) in [5.41, 5.74) is 6.31. The molecular formula is C20H18N4O. The van der Waals surface area contributed by atoms with Gasteiger partial charge in [0.25, 0.3) is 5.89 Å². The van der Waals surface area contributed by atoms with Crippen molar-refractivity contribution in [2.24, 2.45) is 7.05 Å². The summed E-state index contributed by atoms with van der Waals surface area (Å²) in [6, 6.07) is 16.3. The molecule has 0 atom stereocenters. The highest BCUT2D eigenvalue weighted by molar-refractivity contribution is 5.69. The smallest absolute Gasteiger partial charge is 0.258 e. The molecule has 0 spiro atoms. The molecule has 124 valence electrons. The highest BCUT2D eigenvalue weighted by Crippen LogP contribution is 2.27. The SMILES string of the molecule is Cc1cc(C)cc(-c2nc(-c3cccc(-c4ccnn4C)c3)no2)c1. The average Bonchev–Trinajstić information content (AvgIpc) is 3.23. The zero-order valence-corrected chi connectivity index (χ0v) is 14.4. The number of benzene rings is 2. The summed E-state index contributed by atoms with van der Waals surface area (Å²) in [4.78, 5) is 4.58. The molecule has 2 aromatic carbocycles. The van der Waals surface area contributed by atoms with Crippen molar-refractivity contribution in [2.45, 2.75) is 13.8 Å². The molecule has 2 aromatic heterocycles. The molecule has 0 amide bonds. The molecule has 4 rings (SSSR count). The van der Waals surface area contributed by atoms with Gasteiger partial charge < -0.3 is 4.52 Å². The Morgan fingerprint density at radius 1 is 0.880 bits per heavy atom. The van der Waals surface area contributed by atoms with Crippen molar-refractivity contribution in [2.75, 3.05) is 0 Å². The molecule has 2 heterocycles. The van der Waals surface area contributed by atoms with E-state index in [-0.39, 0.29) is 0 Å². The number of rotatable bonds is 3. The predicted octanol–water partition coefficient (Wildman–Crippen LogP) is 4.42. The minimum Gasteiger partial charge on any atom is -0.334 e. The van der Waals surface area contributed by atoms with Crippen LogP contribution in [0.2, 0.25) is 0 Å². The van der Waals surface area contributed by atoms with Gasteiger partial charge in [0.15, 0.2) is 0 Å². The predicted molar refractivity (Wildman–Crippen MR) is 96.8 cm³/mol. The molecule has 4 aromatic rings. The van der Waals surface area contributed by atoms with Crippen LogP contribution >= 0.6 is 0 Å². The normalized spacial score (nSPS) is 11.0. The van der Waals surface area contributed by atoms with Gasteiger partial charge in [-0.15, -0.1) is 0 Å². The number of nitrogens with zero attached hydrogens (tertiary/aromatic N) is 4. The van der Waals surface area contributed by atoms with E-state index in [1.807, 2.05) is 42.1 Å². The molecule has 0 aliphatic heterocycles. The third-order valence-electron chi connectivity index (χ3n) is 4.13. The average molecular weight is 330 g/mol. The van der Waals surface area contributed by atoms with E-state index in [4.69, 9.17) is 4.52 Å². The van der Waals surface area contributed by atoms with Crippen molar-refractivity contribution in [3.63, 3.8) is 0 Å². The summed E-state index contributed by atoms with van der Waals surface area (Å²) in [7, 11) is 1.93. The van der Waals surface area contributed by atoms with Crippen LogP contribution in [0.1, 0.15) is 11.1 Å². The van der Waals surface area contributed by atoms with Crippen molar-refractivity contribution in [3.05, 3.63) is 65.9 Å². The molecule has 0 unspecified atom stereocenters. The Labute approximate surface area is 145 Å². The minimum atomic E-state index is 0.535. The second-order valence-electron chi connectivity index (χ2n) is 6.22. The van der Waals surface area contributed by atoms with E-state index >= 15 is 0 Å². The van der Waals surface area contributed by atoms with Gasteiger partial charge in [-0.25, -0.2) is 0 Å². The third kappa shape index (κ3) is 2.96. The van der Waals surface area contributed by atoms with Crippen LogP contribution in [0, 0.1) is 13.8 Å². The van der Waals surface area contributed by atoms with Crippen LogP contribution < -0.4 is 0 Å². The Morgan fingerprint density at radius 2 is 1.64 bits per heavy atom. The van der Waals surface area contributed by atoms with Gasteiger partial charge in [-0.05, 0) is 38.1 Å². The van der Waals surface area contributed by atoms with Crippen molar-refractivity contribution in [3.8, 4) is 34.1 Å². The zero-order chi connectivity index (χ0) is 17.4. The zero-order valence-electron chi connectivity index (χ0n) is 14.4. The maximum absolute atomic E-state index is 5.49. The fourth-order valence-electron chi connectivity index (χ4n) is 3.03. The van der Waals surface area contributed by atoms with Crippen LogP contribution in [0.4, 0.5) is 0 Å². The van der Waals surface area contributed by atoms with Gasteiger partial charge in [-0.3, -0.25) is 4.68 Å². The Morgan fingerprint density at radius 3 is 2.36 bits per heavy atom. The summed E-state index contributed by atoms with van der Waals surface area (Å²) >= 11 is 0. The second-order valence-corrected chi connectivity index (χ2v) is 6.22. The fraction of sp³-hybridized carbons (Fsp3) is 0.150. The van der Waals surface area contributed by atoms with Crippen LogP contribution in [-0.2, 0) is 7.05 Å². The lowest BCUT2D eigenvalue weighted by Crippen LogP contribution is -1.93. The monoisotopic (exact) mass is 330 g/mol. The van der Waals surface area contributed by atoms with Gasteiger partial charge in [-0.2, -0.15) is 10.1 Å². The van der Waals surface area contributed by atoms with Crippen LogP contribution in [0.25, 0.3) is 34.1 Å². The lowest BCUT2D eigenvalue weighted by atomic mass is 10.1. The first-order valence-electron chi connectivity index (χ1n) is 8.11. The molecule has 0 bridgehead atoms. The summed E-state index contributed by atoms with van der Waals surface area (Å²) in [6.07, 6.45) is 1.79. The van der Waals surface area contributed by atoms with Crippen molar-refractivity contribution >= 4 is 0 Å². The van der Waals surface area contributed by atoms with Crippen molar-refractivity contribution in [1.82, 2.24) is 19.9 Å². The van der Waals surface area contributed by atoms with E-state index in [2.05, 4.69) is 47.3 Å². The van der Waals surface area contributed by atoms with Crippen molar-refractivity contribution < 1.29 is 4.52 Å². The molecule has 0 aliphatic carbocycles. The first kappa shape index (κ1) is 15.3. The van der Waals surface area contributed by atoms with Gasteiger partial charge in [0, 0.05) is 29.9 Å². The topological polar surface area (TPSA) is 56.7 Å². The first-order valence-corrected chi connectivity index (χ1v) is 8.11. The Kier molecular flexibility index (Phi) is 3.69. The van der Waals surface area contributed by atoms with Crippen molar-refractivity contribution in [1.29, 1.82) is 0 Å². The molecular weight excluding hydrogens is 312 g/mol. The Bertz CT molecular complexity index is 1030. The number of hydrogen-bond donors (Lipinski definition) is 0. The van der Waals surface area contributed by atoms with E-state index in [0.29, 0.717) is 11.7 Å². The maximum atomic E-state index is 5.49. The van der Waals surface area contributed by atoms with Crippen LogP contribution in [0.15, 0.2) is 59.3 Å². The summed E-state index contributed by atoms with van der Waals surface area (Å²) in [5, 5.41) is 8.38. The minimum absolute atomic E-state index is 0.535. The Balaban J connectivity index is 1.72. The molecule has 0 saturated carbocycles. The van der Waals surface area contributed by atoms with Crippen LogP contribution in [0.5, 0.6) is 0 Å². The number of hydrogen-bond acceptors (Lipinski definition) is 4. The van der Waals surface area contributed by atoms with E-state index in [9.17, 15) is 0 Å². The first-order chi connectivity index (χ1) is 12.1. The quantitative estimate of drug-likeness (QED) is 0.558. The highest BCUT2D eigenvalue weighted by Gasteiger charge is 2.12. The summed E-state index contributed by atoms with van der Waals surface area (Å²) in [6.45, 7) is 4.12. The number of aryl methyl sites for hydroxylation is 3. The maximum Gasteiger partial charge on any atom is 0.258 e. The largest absolute Gasteiger partial charge is 0.334 e. The van der Waals surface area contributed by atoms with Gasteiger partial charge in [0.2, 0.25) is 5.82 Å². The summed E-state index contributed by atoms with van der Waals surface area (Å²) in [5.74, 6) is 1.12. The molecule has 0 saturated heterocycles. The lowest BCUT2D eigenvalue weighted by Gasteiger charge is -2.03. The third-order valence-corrected chi connectivity index (χ3v) is 4.13. The molecule has 5 heteroatoms. The van der Waals surface area contributed by atoms with Gasteiger partial charge in [-0.1, -0.05) is 40.5 Å². The van der Waals surface area contributed by atoms with Gasteiger partial charge >= 0.3 is 0 Å². The Hall–Kier alpha value is -3.21. The molecule has 5 nitrogen and oxygen atoms in total. The van der Waals surface area contributed by atoms with Crippen LogP contribution in [0.3, 0.4) is 0 Å². The highest BCUT2D eigenvalue weighted by atomic mass is 16.5. The van der Waals surface area contributed by atoms with Gasteiger partial charge in [0.05, 0.1) is 5.69 Å². The van der Waals surface area contributed by atoms with E-state index in [0.717, 1.165) is 22.4 Å². The molecule has 0 aliphatic rings. The van der Waals surface area contributed by atoms with E-state index in [1.54, 1.807) is 6.20 Å². The van der Waals surface area contributed by atoms with Crippen LogP contribution in [-0.4, -0.2) is 19.9 Å². The molecule has 0 fully saturated rings. The van der Waals surface area contributed by atoms with E-state index < -0.39 is 0 Å². The molecule has 0 N–H and O–H groups in total.